The second kappa shape index (κ2) is 5.75. The summed E-state index contributed by atoms with van der Waals surface area (Å²) in [5, 5.41) is 12.4. The predicted molar refractivity (Wildman–Crippen MR) is 89.4 cm³/mol. The van der Waals surface area contributed by atoms with Gasteiger partial charge >= 0.3 is 0 Å². The summed E-state index contributed by atoms with van der Waals surface area (Å²) in [6.45, 7) is 0. The van der Waals surface area contributed by atoms with Gasteiger partial charge < -0.3 is 5.73 Å². The van der Waals surface area contributed by atoms with Crippen molar-refractivity contribution in [1.82, 2.24) is 20.2 Å². The molecule has 8 heteroatoms. The molecule has 0 aliphatic carbocycles. The van der Waals surface area contributed by atoms with Crippen LogP contribution in [-0.2, 0) is 0 Å². The molecule has 1 aromatic heterocycles. The molecule has 0 fully saturated rings. The fourth-order valence-electron chi connectivity index (χ4n) is 1.88. The maximum absolute atomic E-state index is 6.23. The summed E-state index contributed by atoms with van der Waals surface area (Å²) in [5.41, 5.74) is 7.90. The highest BCUT2D eigenvalue weighted by Crippen LogP contribution is 2.31. The average molecular weight is 430 g/mol. The summed E-state index contributed by atoms with van der Waals surface area (Å²) in [7, 11) is 0. The van der Waals surface area contributed by atoms with Gasteiger partial charge in [0.2, 0.25) is 0 Å². The van der Waals surface area contributed by atoms with Crippen molar-refractivity contribution in [3.8, 4) is 17.1 Å². The summed E-state index contributed by atoms with van der Waals surface area (Å²) in [6, 6.07) is 10.9. The highest BCUT2D eigenvalue weighted by molar-refractivity contribution is 9.11. The van der Waals surface area contributed by atoms with Gasteiger partial charge in [0.25, 0.3) is 0 Å². The first kappa shape index (κ1) is 14.5. The van der Waals surface area contributed by atoms with Gasteiger partial charge in [-0.3, -0.25) is 0 Å². The molecule has 0 aliphatic rings. The van der Waals surface area contributed by atoms with Crippen molar-refractivity contribution in [2.75, 3.05) is 5.73 Å². The lowest BCUT2D eigenvalue weighted by molar-refractivity contribution is 0.789. The highest BCUT2D eigenvalue weighted by atomic mass is 79.9. The van der Waals surface area contributed by atoms with Crippen LogP contribution in [0, 0.1) is 0 Å². The van der Waals surface area contributed by atoms with E-state index in [0.29, 0.717) is 22.1 Å². The minimum absolute atomic E-state index is 0.523. The Kier molecular flexibility index (Phi) is 3.97. The van der Waals surface area contributed by atoms with Crippen molar-refractivity contribution in [3.63, 3.8) is 0 Å². The van der Waals surface area contributed by atoms with E-state index in [1.165, 1.54) is 0 Å². The van der Waals surface area contributed by atoms with Crippen LogP contribution in [0.1, 0.15) is 0 Å². The number of aromatic nitrogens is 4. The summed E-state index contributed by atoms with van der Waals surface area (Å²) in [4.78, 5) is 0. The number of tetrazole rings is 1. The Morgan fingerprint density at radius 3 is 2.67 bits per heavy atom. The lowest BCUT2D eigenvalue weighted by Gasteiger charge is -2.09. The Morgan fingerprint density at radius 2 is 1.90 bits per heavy atom. The number of halogens is 3. The smallest absolute Gasteiger partial charge is 0.188 e. The summed E-state index contributed by atoms with van der Waals surface area (Å²) < 4.78 is 3.41. The van der Waals surface area contributed by atoms with Crippen molar-refractivity contribution in [2.45, 2.75) is 0 Å². The first-order valence-electron chi connectivity index (χ1n) is 5.85. The molecular weight excluding hydrogens is 421 g/mol. The number of benzene rings is 2. The van der Waals surface area contributed by atoms with Crippen LogP contribution in [0.25, 0.3) is 17.1 Å². The fourth-order valence-corrected chi connectivity index (χ4v) is 3.30. The molecule has 106 valence electrons. The van der Waals surface area contributed by atoms with E-state index in [-0.39, 0.29) is 0 Å². The Bertz CT molecular complexity index is 818. The Morgan fingerprint density at radius 1 is 1.10 bits per heavy atom. The van der Waals surface area contributed by atoms with Crippen molar-refractivity contribution in [2.24, 2.45) is 0 Å². The molecule has 0 aliphatic heterocycles. The van der Waals surface area contributed by atoms with E-state index in [2.05, 4.69) is 47.4 Å². The predicted octanol–water partition coefficient (Wildman–Crippen LogP) is 4.09. The van der Waals surface area contributed by atoms with E-state index in [4.69, 9.17) is 17.3 Å². The second-order valence-corrected chi connectivity index (χ2v) is 6.43. The minimum Gasteiger partial charge on any atom is -0.399 e. The zero-order chi connectivity index (χ0) is 15.0. The molecule has 0 saturated heterocycles. The molecule has 2 aromatic carbocycles. The molecule has 0 bridgehead atoms. The molecule has 21 heavy (non-hydrogen) atoms. The van der Waals surface area contributed by atoms with Crippen LogP contribution in [-0.4, -0.2) is 20.2 Å². The maximum Gasteiger partial charge on any atom is 0.188 e. The summed E-state index contributed by atoms with van der Waals surface area (Å²) >= 11 is 13.1. The number of rotatable bonds is 2. The molecule has 0 amide bonds. The van der Waals surface area contributed by atoms with Gasteiger partial charge in [-0.2, -0.15) is 4.68 Å². The number of anilines is 1. The molecule has 0 unspecified atom stereocenters. The van der Waals surface area contributed by atoms with E-state index in [9.17, 15) is 0 Å². The first-order chi connectivity index (χ1) is 10.1. The van der Waals surface area contributed by atoms with E-state index >= 15 is 0 Å². The number of hydrogen-bond acceptors (Lipinski definition) is 4. The molecular formula is C13H8Br2ClN5. The van der Waals surface area contributed by atoms with Crippen LogP contribution in [0.4, 0.5) is 5.69 Å². The molecule has 2 N–H and O–H groups in total. The van der Waals surface area contributed by atoms with E-state index in [1.807, 2.05) is 18.2 Å². The number of nitrogen functional groups attached to an aromatic ring is 1. The van der Waals surface area contributed by atoms with Gasteiger partial charge in [-0.25, -0.2) is 0 Å². The molecule has 5 nitrogen and oxygen atoms in total. The van der Waals surface area contributed by atoms with Gasteiger partial charge in [0, 0.05) is 20.2 Å². The highest BCUT2D eigenvalue weighted by Gasteiger charge is 2.16. The largest absolute Gasteiger partial charge is 0.399 e. The molecule has 0 saturated carbocycles. The van der Waals surface area contributed by atoms with Gasteiger partial charge in [0.05, 0.1) is 10.7 Å². The molecule has 3 rings (SSSR count). The second-order valence-electron chi connectivity index (χ2n) is 4.25. The third kappa shape index (κ3) is 2.81. The zero-order valence-electron chi connectivity index (χ0n) is 10.5. The van der Waals surface area contributed by atoms with Crippen molar-refractivity contribution in [3.05, 3.63) is 50.4 Å². The van der Waals surface area contributed by atoms with E-state index < -0.39 is 0 Å². The van der Waals surface area contributed by atoms with Crippen LogP contribution in [0.5, 0.6) is 0 Å². The van der Waals surface area contributed by atoms with Crippen LogP contribution in [0.15, 0.2) is 45.3 Å². The first-order valence-corrected chi connectivity index (χ1v) is 7.82. The summed E-state index contributed by atoms with van der Waals surface area (Å²) in [5.74, 6) is 0.523. The average Bonchev–Trinajstić information content (AvgIpc) is 2.90. The SMILES string of the molecule is Nc1ccc(Cl)c(-c2nnnn2-c2ccc(Br)cc2Br)c1. The van der Waals surface area contributed by atoms with Gasteiger partial charge in [-0.15, -0.1) is 5.10 Å². The van der Waals surface area contributed by atoms with Crippen LogP contribution < -0.4 is 5.73 Å². The van der Waals surface area contributed by atoms with Crippen molar-refractivity contribution >= 4 is 49.1 Å². The monoisotopic (exact) mass is 427 g/mol. The normalized spacial score (nSPS) is 10.8. The number of nitrogens with two attached hydrogens (primary N) is 1. The van der Waals surface area contributed by atoms with Gasteiger partial charge in [0.15, 0.2) is 5.82 Å². The Balaban J connectivity index is 2.19. The van der Waals surface area contributed by atoms with E-state index in [1.54, 1.807) is 22.9 Å². The standard InChI is InChI=1S/C13H8Br2ClN5/c14-7-1-4-12(10(15)5-7)21-13(18-19-20-21)9-6-8(17)2-3-11(9)16/h1-6H,17H2. The van der Waals surface area contributed by atoms with Gasteiger partial charge in [-0.1, -0.05) is 27.5 Å². The molecule has 0 radical (unpaired) electrons. The van der Waals surface area contributed by atoms with Gasteiger partial charge in [-0.05, 0) is 62.8 Å². The zero-order valence-corrected chi connectivity index (χ0v) is 14.4. The summed E-state index contributed by atoms with van der Waals surface area (Å²) in [6.07, 6.45) is 0. The third-order valence-corrected chi connectivity index (χ3v) is 4.30. The van der Waals surface area contributed by atoms with Crippen molar-refractivity contribution < 1.29 is 0 Å². The molecule has 1 heterocycles. The lowest BCUT2D eigenvalue weighted by atomic mass is 10.2. The Labute approximate surface area is 142 Å². The minimum atomic E-state index is 0.523. The maximum atomic E-state index is 6.23. The molecule has 0 spiro atoms. The number of hydrogen-bond donors (Lipinski definition) is 1. The van der Waals surface area contributed by atoms with Gasteiger partial charge in [0.1, 0.15) is 0 Å². The van der Waals surface area contributed by atoms with Crippen LogP contribution >= 0.6 is 43.5 Å². The van der Waals surface area contributed by atoms with E-state index in [0.717, 1.165) is 14.6 Å². The molecule has 0 atom stereocenters. The Hall–Kier alpha value is -1.44. The third-order valence-electron chi connectivity index (χ3n) is 2.84. The number of nitrogens with zero attached hydrogens (tertiary/aromatic N) is 4. The van der Waals surface area contributed by atoms with Crippen LogP contribution in [0.3, 0.4) is 0 Å². The quantitative estimate of drug-likeness (QED) is 0.623. The fraction of sp³-hybridized carbons (Fsp3) is 0. The molecule has 3 aromatic rings. The van der Waals surface area contributed by atoms with Crippen LogP contribution in [0.2, 0.25) is 5.02 Å². The van der Waals surface area contributed by atoms with Crippen molar-refractivity contribution in [1.29, 1.82) is 0 Å². The lowest BCUT2D eigenvalue weighted by Crippen LogP contribution is -2.01. The topological polar surface area (TPSA) is 69.6 Å².